The number of hydrogen-bond acceptors (Lipinski definition) is 7. The number of rotatable bonds is 4. The normalized spacial score (nSPS) is 19.8. The van der Waals surface area contributed by atoms with Crippen molar-refractivity contribution in [3.05, 3.63) is 39.4 Å². The van der Waals surface area contributed by atoms with Gasteiger partial charge in [0.15, 0.2) is 0 Å². The van der Waals surface area contributed by atoms with Gasteiger partial charge in [-0.1, -0.05) is 19.9 Å². The number of aromatic nitrogens is 2. The van der Waals surface area contributed by atoms with Crippen molar-refractivity contribution in [3.63, 3.8) is 0 Å². The van der Waals surface area contributed by atoms with Crippen LogP contribution in [0.1, 0.15) is 31.4 Å². The molecule has 1 saturated heterocycles. The van der Waals surface area contributed by atoms with Gasteiger partial charge in [0.05, 0.1) is 4.92 Å². The minimum absolute atomic E-state index is 0.122. The lowest BCUT2D eigenvalue weighted by Crippen LogP contribution is -2.39. The first-order valence-electron chi connectivity index (χ1n) is 9.15. The number of benzene rings is 1. The van der Waals surface area contributed by atoms with Crippen LogP contribution in [0.5, 0.6) is 0 Å². The Morgan fingerprint density at radius 3 is 2.44 bits per heavy atom. The Kier molecular flexibility index (Phi) is 5.16. The zero-order valence-corrected chi connectivity index (χ0v) is 16.2. The summed E-state index contributed by atoms with van der Waals surface area (Å²) in [6, 6.07) is 5.76. The van der Waals surface area contributed by atoms with Crippen molar-refractivity contribution < 1.29 is 4.92 Å². The standard InChI is InChI=1S/C19H26N6O2/c1-11-7-12(2)10-24(9-11)19-22-17(20)16(25(26)27)18(23-19)21-15-6-5-13(3)14(4)8-15/h5-6,8,11-12H,7,9-10H2,1-4H3,(H3,20,21,22,23)/t11-,12-/m1/s1. The Labute approximate surface area is 159 Å². The summed E-state index contributed by atoms with van der Waals surface area (Å²) in [5.74, 6) is 1.44. The highest BCUT2D eigenvalue weighted by Crippen LogP contribution is 2.34. The fourth-order valence-electron chi connectivity index (χ4n) is 3.65. The van der Waals surface area contributed by atoms with Crippen LogP contribution in [0.4, 0.5) is 29.0 Å². The van der Waals surface area contributed by atoms with E-state index in [9.17, 15) is 10.1 Å². The molecule has 0 aliphatic carbocycles. The van der Waals surface area contributed by atoms with Crippen LogP contribution in [0.25, 0.3) is 0 Å². The number of hydrogen-bond donors (Lipinski definition) is 2. The number of nitrogens with two attached hydrogens (primary N) is 1. The average molecular weight is 370 g/mol. The van der Waals surface area contributed by atoms with Gasteiger partial charge in [0, 0.05) is 18.8 Å². The molecule has 27 heavy (non-hydrogen) atoms. The molecule has 0 bridgehead atoms. The van der Waals surface area contributed by atoms with Gasteiger partial charge in [-0.25, -0.2) is 0 Å². The smallest absolute Gasteiger partial charge is 0.353 e. The molecule has 2 atom stereocenters. The number of nitro groups is 1. The number of anilines is 4. The largest absolute Gasteiger partial charge is 0.378 e. The van der Waals surface area contributed by atoms with E-state index in [2.05, 4.69) is 34.0 Å². The highest BCUT2D eigenvalue weighted by Gasteiger charge is 2.28. The first-order valence-corrected chi connectivity index (χ1v) is 9.15. The van der Waals surface area contributed by atoms with Crippen LogP contribution in [-0.4, -0.2) is 28.0 Å². The van der Waals surface area contributed by atoms with Gasteiger partial charge in [-0.05, 0) is 55.4 Å². The first-order chi connectivity index (χ1) is 12.7. The second kappa shape index (κ2) is 7.38. The molecule has 8 heteroatoms. The molecule has 0 radical (unpaired) electrons. The zero-order valence-electron chi connectivity index (χ0n) is 16.2. The van der Waals surface area contributed by atoms with E-state index in [1.54, 1.807) is 0 Å². The maximum absolute atomic E-state index is 11.5. The van der Waals surface area contributed by atoms with Crippen molar-refractivity contribution in [3.8, 4) is 0 Å². The van der Waals surface area contributed by atoms with Gasteiger partial charge >= 0.3 is 5.69 Å². The monoisotopic (exact) mass is 370 g/mol. The molecule has 2 heterocycles. The Bertz CT molecular complexity index is 860. The number of aryl methyl sites for hydroxylation is 2. The lowest BCUT2D eigenvalue weighted by Gasteiger charge is -2.35. The van der Waals surface area contributed by atoms with E-state index in [1.807, 2.05) is 32.0 Å². The van der Waals surface area contributed by atoms with Crippen molar-refractivity contribution in [1.29, 1.82) is 0 Å². The molecule has 0 amide bonds. The molecular formula is C19H26N6O2. The minimum atomic E-state index is -0.538. The number of piperidine rings is 1. The number of nitrogens with one attached hydrogen (secondary N) is 1. The first kappa shape index (κ1) is 18.9. The second-order valence-electron chi connectivity index (χ2n) is 7.64. The third-order valence-electron chi connectivity index (χ3n) is 5.00. The van der Waals surface area contributed by atoms with Crippen molar-refractivity contribution in [2.24, 2.45) is 11.8 Å². The molecular weight excluding hydrogens is 344 g/mol. The van der Waals surface area contributed by atoms with Crippen LogP contribution in [0, 0.1) is 35.8 Å². The van der Waals surface area contributed by atoms with E-state index in [4.69, 9.17) is 5.73 Å². The van der Waals surface area contributed by atoms with Gasteiger partial charge in [-0.3, -0.25) is 10.1 Å². The quantitative estimate of drug-likeness (QED) is 0.622. The molecule has 1 fully saturated rings. The third kappa shape index (κ3) is 4.10. The van der Waals surface area contributed by atoms with E-state index < -0.39 is 4.92 Å². The summed E-state index contributed by atoms with van der Waals surface area (Å²) in [6.45, 7) is 10.00. The Morgan fingerprint density at radius 1 is 1.19 bits per heavy atom. The summed E-state index contributed by atoms with van der Waals surface area (Å²) in [5.41, 5.74) is 8.61. The van der Waals surface area contributed by atoms with Crippen molar-refractivity contribution in [1.82, 2.24) is 9.97 Å². The molecule has 1 aliphatic rings. The molecule has 1 aromatic heterocycles. The summed E-state index contributed by atoms with van der Waals surface area (Å²) in [7, 11) is 0. The second-order valence-corrected chi connectivity index (χ2v) is 7.64. The van der Waals surface area contributed by atoms with Crippen molar-refractivity contribution in [2.75, 3.05) is 29.0 Å². The van der Waals surface area contributed by atoms with Crippen LogP contribution in [-0.2, 0) is 0 Å². The van der Waals surface area contributed by atoms with Gasteiger partial charge < -0.3 is 16.0 Å². The summed E-state index contributed by atoms with van der Waals surface area (Å²) >= 11 is 0. The molecule has 1 aromatic carbocycles. The third-order valence-corrected chi connectivity index (χ3v) is 5.00. The minimum Gasteiger partial charge on any atom is -0.378 e. The van der Waals surface area contributed by atoms with E-state index in [0.29, 0.717) is 17.8 Å². The molecule has 1 aliphatic heterocycles. The summed E-state index contributed by atoms with van der Waals surface area (Å²) < 4.78 is 0. The summed E-state index contributed by atoms with van der Waals surface area (Å²) in [6.07, 6.45) is 1.15. The molecule has 0 spiro atoms. The van der Waals surface area contributed by atoms with Crippen LogP contribution in [0.15, 0.2) is 18.2 Å². The lowest BCUT2D eigenvalue weighted by atomic mass is 9.92. The molecule has 3 N–H and O–H groups in total. The topological polar surface area (TPSA) is 110 Å². The highest BCUT2D eigenvalue weighted by atomic mass is 16.6. The summed E-state index contributed by atoms with van der Waals surface area (Å²) in [4.78, 5) is 21.8. The molecule has 0 unspecified atom stereocenters. The van der Waals surface area contributed by atoms with Gasteiger partial charge in [-0.15, -0.1) is 0 Å². The maximum atomic E-state index is 11.5. The lowest BCUT2D eigenvalue weighted by molar-refractivity contribution is -0.383. The van der Waals surface area contributed by atoms with Crippen molar-refractivity contribution >= 4 is 29.0 Å². The Morgan fingerprint density at radius 2 is 1.85 bits per heavy atom. The highest BCUT2D eigenvalue weighted by molar-refractivity contribution is 5.74. The van der Waals surface area contributed by atoms with Gasteiger partial charge in [0.1, 0.15) is 0 Å². The Hall–Kier alpha value is -2.90. The maximum Gasteiger partial charge on any atom is 0.353 e. The van der Waals surface area contributed by atoms with E-state index in [0.717, 1.165) is 36.3 Å². The van der Waals surface area contributed by atoms with Crippen LogP contribution in [0.2, 0.25) is 0 Å². The van der Waals surface area contributed by atoms with Crippen LogP contribution < -0.4 is 16.0 Å². The fourth-order valence-corrected chi connectivity index (χ4v) is 3.65. The molecule has 2 aromatic rings. The van der Waals surface area contributed by atoms with Gasteiger partial charge in [-0.2, -0.15) is 9.97 Å². The zero-order chi connectivity index (χ0) is 19.7. The number of nitrogen functional groups attached to an aromatic ring is 1. The predicted molar refractivity (Wildman–Crippen MR) is 107 cm³/mol. The van der Waals surface area contributed by atoms with Gasteiger partial charge in [0.2, 0.25) is 17.6 Å². The Balaban J connectivity index is 2.01. The van der Waals surface area contributed by atoms with Crippen LogP contribution in [0.3, 0.4) is 0 Å². The van der Waals surface area contributed by atoms with E-state index in [-0.39, 0.29) is 17.3 Å². The van der Waals surface area contributed by atoms with E-state index in [1.165, 1.54) is 0 Å². The fraction of sp³-hybridized carbons (Fsp3) is 0.474. The molecule has 144 valence electrons. The SMILES string of the molecule is Cc1ccc(Nc2nc(N3C[C@H](C)C[C@@H](C)C3)nc(N)c2[N+](=O)[O-])cc1C. The predicted octanol–water partition coefficient (Wildman–Crippen LogP) is 3.81. The van der Waals surface area contributed by atoms with Crippen molar-refractivity contribution in [2.45, 2.75) is 34.1 Å². The molecule has 3 rings (SSSR count). The number of nitrogens with zero attached hydrogens (tertiary/aromatic N) is 4. The van der Waals surface area contributed by atoms with Crippen LogP contribution >= 0.6 is 0 Å². The molecule has 8 nitrogen and oxygen atoms in total. The molecule has 0 saturated carbocycles. The average Bonchev–Trinajstić information content (AvgIpc) is 2.56. The van der Waals surface area contributed by atoms with Gasteiger partial charge in [0.25, 0.3) is 0 Å². The summed E-state index contributed by atoms with van der Waals surface area (Å²) in [5, 5.41) is 14.6. The van der Waals surface area contributed by atoms with E-state index >= 15 is 0 Å².